The van der Waals surface area contributed by atoms with Crippen molar-refractivity contribution in [1.29, 1.82) is 0 Å². The van der Waals surface area contributed by atoms with E-state index in [0.717, 1.165) is 38.9 Å². The first-order valence-corrected chi connectivity index (χ1v) is 13.2. The van der Waals surface area contributed by atoms with Crippen LogP contribution in [0.3, 0.4) is 0 Å². The molecule has 0 radical (unpaired) electrons. The Balaban J connectivity index is 1.19. The van der Waals surface area contributed by atoms with Crippen LogP contribution in [0.15, 0.2) is 48.5 Å². The normalized spacial score (nSPS) is 19.9. The molecule has 3 aliphatic rings. The summed E-state index contributed by atoms with van der Waals surface area (Å²) in [6, 6.07) is 15.4. The summed E-state index contributed by atoms with van der Waals surface area (Å²) >= 11 is 5.91. The first-order valence-electron chi connectivity index (χ1n) is 12.8. The summed E-state index contributed by atoms with van der Waals surface area (Å²) in [5, 5.41) is 0.639. The van der Waals surface area contributed by atoms with Crippen molar-refractivity contribution in [3.05, 3.63) is 64.7 Å². The van der Waals surface area contributed by atoms with E-state index in [-0.39, 0.29) is 24.5 Å². The molecule has 2 heterocycles. The van der Waals surface area contributed by atoms with Gasteiger partial charge in [0.2, 0.25) is 5.91 Å². The fourth-order valence-electron chi connectivity index (χ4n) is 5.82. The third-order valence-electron chi connectivity index (χ3n) is 7.78. The Kier molecular flexibility index (Phi) is 7.59. The van der Waals surface area contributed by atoms with Gasteiger partial charge in [-0.2, -0.15) is 0 Å². The van der Waals surface area contributed by atoms with Gasteiger partial charge in [-0.25, -0.2) is 0 Å². The Morgan fingerprint density at radius 2 is 1.57 bits per heavy atom. The van der Waals surface area contributed by atoms with Crippen LogP contribution in [0.2, 0.25) is 5.02 Å². The predicted molar refractivity (Wildman–Crippen MR) is 136 cm³/mol. The molecule has 1 saturated heterocycles. The van der Waals surface area contributed by atoms with Crippen molar-refractivity contribution >= 4 is 23.4 Å². The highest BCUT2D eigenvalue weighted by Crippen LogP contribution is 2.33. The number of nitrogens with zero attached hydrogens (tertiary/aromatic N) is 3. The summed E-state index contributed by atoms with van der Waals surface area (Å²) in [5.74, 6) is 1.31. The number of ether oxygens (including phenoxy) is 1. The van der Waals surface area contributed by atoms with Crippen LogP contribution in [0.5, 0.6) is 5.75 Å². The van der Waals surface area contributed by atoms with E-state index in [1.165, 1.54) is 24.0 Å². The first kappa shape index (κ1) is 24.1. The first-order chi connectivity index (χ1) is 17.1. The van der Waals surface area contributed by atoms with Crippen molar-refractivity contribution in [2.75, 3.05) is 39.3 Å². The molecule has 0 bridgehead atoms. The highest BCUT2D eigenvalue weighted by atomic mass is 35.5. The summed E-state index contributed by atoms with van der Waals surface area (Å²) < 4.78 is 5.65. The van der Waals surface area contributed by atoms with Gasteiger partial charge in [-0.15, -0.1) is 0 Å². The van der Waals surface area contributed by atoms with Crippen LogP contribution < -0.4 is 4.74 Å². The minimum absolute atomic E-state index is 0.0137. The quantitative estimate of drug-likeness (QED) is 0.607. The minimum atomic E-state index is -0.0784. The number of hydrogen-bond acceptors (Lipinski definition) is 4. The van der Waals surface area contributed by atoms with E-state index < -0.39 is 0 Å². The monoisotopic (exact) mass is 495 g/mol. The molecular weight excluding hydrogens is 462 g/mol. The van der Waals surface area contributed by atoms with E-state index in [2.05, 4.69) is 34.1 Å². The Labute approximate surface area is 212 Å². The number of piperazine rings is 1. The van der Waals surface area contributed by atoms with E-state index in [9.17, 15) is 9.59 Å². The molecule has 0 spiro atoms. The Hall–Kier alpha value is -2.57. The second kappa shape index (κ2) is 11.0. The molecule has 0 N–H and O–H groups in total. The summed E-state index contributed by atoms with van der Waals surface area (Å²) in [4.78, 5) is 32.9. The van der Waals surface area contributed by atoms with Gasteiger partial charge in [0.25, 0.3) is 5.91 Å². The lowest BCUT2D eigenvalue weighted by Gasteiger charge is -2.43. The van der Waals surface area contributed by atoms with Crippen LogP contribution >= 0.6 is 11.6 Å². The van der Waals surface area contributed by atoms with Crippen LogP contribution in [0.25, 0.3) is 0 Å². The summed E-state index contributed by atoms with van der Waals surface area (Å²) in [5.41, 5.74) is 2.63. The van der Waals surface area contributed by atoms with Crippen LogP contribution in [0, 0.1) is 5.92 Å². The van der Waals surface area contributed by atoms with Gasteiger partial charge in [-0.3, -0.25) is 14.5 Å². The zero-order chi connectivity index (χ0) is 24.2. The van der Waals surface area contributed by atoms with Crippen molar-refractivity contribution < 1.29 is 14.3 Å². The van der Waals surface area contributed by atoms with Gasteiger partial charge >= 0.3 is 0 Å². The summed E-state index contributed by atoms with van der Waals surface area (Å²) in [6.45, 7) is 4.22. The topological polar surface area (TPSA) is 53.1 Å². The van der Waals surface area contributed by atoms with Crippen molar-refractivity contribution in [2.45, 2.75) is 44.7 Å². The number of carbonyl (C=O) groups excluding carboxylic acids is 2. The van der Waals surface area contributed by atoms with Crippen LogP contribution in [-0.2, 0) is 22.6 Å². The number of benzene rings is 2. The van der Waals surface area contributed by atoms with Gasteiger partial charge in [-0.1, -0.05) is 48.7 Å². The Bertz CT molecular complexity index is 1030. The van der Waals surface area contributed by atoms with E-state index in [1.807, 2.05) is 4.90 Å². The number of halogens is 1. The lowest BCUT2D eigenvalue weighted by atomic mass is 9.92. The van der Waals surface area contributed by atoms with Gasteiger partial charge in [0.05, 0.1) is 6.04 Å². The highest BCUT2D eigenvalue weighted by Gasteiger charge is 2.39. The van der Waals surface area contributed by atoms with Crippen molar-refractivity contribution in [3.63, 3.8) is 0 Å². The molecule has 2 aliphatic heterocycles. The lowest BCUT2D eigenvalue weighted by Crippen LogP contribution is -2.59. The number of hydrogen-bond donors (Lipinski definition) is 0. The molecule has 2 fully saturated rings. The highest BCUT2D eigenvalue weighted by molar-refractivity contribution is 6.30. The lowest BCUT2D eigenvalue weighted by molar-refractivity contribution is -0.143. The summed E-state index contributed by atoms with van der Waals surface area (Å²) in [7, 11) is 0. The number of carbonyl (C=O) groups is 2. The van der Waals surface area contributed by atoms with Gasteiger partial charge in [0, 0.05) is 44.3 Å². The molecule has 1 aliphatic carbocycles. The largest absolute Gasteiger partial charge is 0.484 e. The molecule has 2 aromatic rings. The fraction of sp³-hybridized carbons (Fsp3) is 0.500. The van der Waals surface area contributed by atoms with Gasteiger partial charge in [0.1, 0.15) is 5.75 Å². The number of rotatable bonds is 6. The molecule has 7 heteroatoms. The van der Waals surface area contributed by atoms with Gasteiger partial charge in [0.15, 0.2) is 6.61 Å². The molecule has 186 valence electrons. The van der Waals surface area contributed by atoms with Crippen molar-refractivity contribution in [1.82, 2.24) is 14.7 Å². The Morgan fingerprint density at radius 1 is 0.886 bits per heavy atom. The SMILES string of the molecule is O=C(COc1ccc(Cl)cc1)N1CCN(C(C(=O)N2CCc3ccccc3C2)C2CCCC2)CC1. The maximum atomic E-state index is 13.9. The second-order valence-electron chi connectivity index (χ2n) is 9.93. The van der Waals surface area contributed by atoms with Crippen molar-refractivity contribution in [3.8, 4) is 5.75 Å². The standard InChI is InChI=1S/C28H34ClN3O3/c29-24-9-11-25(12-10-24)35-20-26(33)30-15-17-31(18-16-30)27(22-6-2-3-7-22)28(34)32-14-13-21-5-1-4-8-23(21)19-32/h1,4-5,8-12,22,27H,2-3,6-7,13-20H2. The molecule has 5 rings (SSSR count). The maximum absolute atomic E-state index is 13.9. The predicted octanol–water partition coefficient (Wildman–Crippen LogP) is 4.01. The van der Waals surface area contributed by atoms with E-state index in [4.69, 9.17) is 16.3 Å². The third kappa shape index (κ3) is 5.65. The van der Waals surface area contributed by atoms with E-state index in [1.54, 1.807) is 24.3 Å². The van der Waals surface area contributed by atoms with Crippen LogP contribution in [0.4, 0.5) is 0 Å². The molecule has 1 atom stereocenters. The smallest absolute Gasteiger partial charge is 0.260 e. The molecule has 2 amide bonds. The molecule has 1 unspecified atom stereocenters. The van der Waals surface area contributed by atoms with Crippen LogP contribution in [-0.4, -0.2) is 71.9 Å². The molecule has 35 heavy (non-hydrogen) atoms. The summed E-state index contributed by atoms with van der Waals surface area (Å²) in [6.07, 6.45) is 5.58. The third-order valence-corrected chi connectivity index (χ3v) is 8.03. The molecule has 6 nitrogen and oxygen atoms in total. The van der Waals surface area contributed by atoms with E-state index in [0.29, 0.717) is 36.3 Å². The minimum Gasteiger partial charge on any atom is -0.484 e. The average molecular weight is 496 g/mol. The zero-order valence-corrected chi connectivity index (χ0v) is 21.0. The van der Waals surface area contributed by atoms with E-state index >= 15 is 0 Å². The Morgan fingerprint density at radius 3 is 2.29 bits per heavy atom. The molecule has 2 aromatic carbocycles. The zero-order valence-electron chi connectivity index (χ0n) is 20.2. The second-order valence-corrected chi connectivity index (χ2v) is 10.4. The van der Waals surface area contributed by atoms with Gasteiger partial charge in [-0.05, 0) is 60.6 Å². The van der Waals surface area contributed by atoms with Gasteiger partial charge < -0.3 is 14.5 Å². The number of fused-ring (bicyclic) bond motifs is 1. The maximum Gasteiger partial charge on any atom is 0.260 e. The van der Waals surface area contributed by atoms with Crippen LogP contribution in [0.1, 0.15) is 36.8 Å². The average Bonchev–Trinajstić information content (AvgIpc) is 3.43. The molecule has 1 saturated carbocycles. The molecular formula is C28H34ClN3O3. The number of amides is 2. The fourth-order valence-corrected chi connectivity index (χ4v) is 5.94. The molecule has 0 aromatic heterocycles. The van der Waals surface area contributed by atoms with Crippen molar-refractivity contribution in [2.24, 2.45) is 5.92 Å².